The molecule has 0 aliphatic heterocycles. The number of methoxy groups -OCH3 is 1. The maximum absolute atomic E-state index is 11.3. The van der Waals surface area contributed by atoms with Crippen molar-refractivity contribution in [2.75, 3.05) is 20.3 Å². The van der Waals surface area contributed by atoms with Crippen LogP contribution in [0.1, 0.15) is 40.0 Å². The monoisotopic (exact) mass is 231 g/mol. The number of nitrogens with one attached hydrogen (secondary N) is 1. The molecule has 1 N–H and O–H groups in total. The second-order valence-electron chi connectivity index (χ2n) is 4.02. The summed E-state index contributed by atoms with van der Waals surface area (Å²) in [7, 11) is 1.69. The van der Waals surface area contributed by atoms with Crippen molar-refractivity contribution in [3.8, 4) is 0 Å². The first-order chi connectivity index (χ1) is 7.63. The molecule has 0 bridgehead atoms. The molecule has 0 aromatic carbocycles. The molecular formula is C12H25NO3. The number of hydrogen-bond acceptors (Lipinski definition) is 4. The molecule has 0 radical (unpaired) electrons. The number of carbonyl (C=O) groups excluding carboxylic acids is 1. The third-order valence-electron chi connectivity index (χ3n) is 2.30. The van der Waals surface area contributed by atoms with Gasteiger partial charge in [-0.2, -0.15) is 0 Å². The summed E-state index contributed by atoms with van der Waals surface area (Å²) < 4.78 is 10.0. The highest BCUT2D eigenvalue weighted by atomic mass is 16.5. The molecule has 0 amide bonds. The Kier molecular flexibility index (Phi) is 9.24. The molecule has 2 unspecified atom stereocenters. The van der Waals surface area contributed by atoms with Gasteiger partial charge < -0.3 is 14.8 Å². The van der Waals surface area contributed by atoms with Gasteiger partial charge in [-0.3, -0.25) is 4.79 Å². The van der Waals surface area contributed by atoms with Gasteiger partial charge in [0.1, 0.15) is 0 Å². The summed E-state index contributed by atoms with van der Waals surface area (Å²) in [5.74, 6) is -0.143. The zero-order valence-corrected chi connectivity index (χ0v) is 10.9. The number of ether oxygens (including phenoxy) is 2. The van der Waals surface area contributed by atoms with Gasteiger partial charge in [-0.25, -0.2) is 0 Å². The summed E-state index contributed by atoms with van der Waals surface area (Å²) in [4.78, 5) is 11.3. The van der Waals surface area contributed by atoms with E-state index in [1.165, 1.54) is 0 Å². The van der Waals surface area contributed by atoms with Gasteiger partial charge in [-0.15, -0.1) is 0 Å². The van der Waals surface area contributed by atoms with E-state index in [1.54, 1.807) is 7.11 Å². The Balaban J connectivity index is 3.88. The average molecular weight is 231 g/mol. The van der Waals surface area contributed by atoms with Crippen LogP contribution in [-0.2, 0) is 14.3 Å². The zero-order valence-electron chi connectivity index (χ0n) is 10.9. The van der Waals surface area contributed by atoms with Crippen LogP contribution in [0.3, 0.4) is 0 Å². The first-order valence-electron chi connectivity index (χ1n) is 6.04. The van der Waals surface area contributed by atoms with Gasteiger partial charge in [0.2, 0.25) is 0 Å². The lowest BCUT2D eigenvalue weighted by atomic mass is 10.1. The summed E-state index contributed by atoms with van der Waals surface area (Å²) >= 11 is 0. The van der Waals surface area contributed by atoms with Gasteiger partial charge in [0.05, 0.1) is 19.6 Å². The molecule has 4 nitrogen and oxygen atoms in total. The van der Waals surface area contributed by atoms with E-state index in [-0.39, 0.29) is 12.0 Å². The molecule has 4 heteroatoms. The molecule has 0 aliphatic carbocycles. The van der Waals surface area contributed by atoms with E-state index in [2.05, 4.69) is 12.2 Å². The summed E-state index contributed by atoms with van der Waals surface area (Å²) in [6, 6.07) is 0.449. The summed E-state index contributed by atoms with van der Waals surface area (Å²) in [5, 5.41) is 3.38. The third-order valence-corrected chi connectivity index (χ3v) is 2.30. The molecule has 0 rings (SSSR count). The van der Waals surface area contributed by atoms with Crippen LogP contribution in [0.4, 0.5) is 0 Å². The normalized spacial score (nSPS) is 14.5. The highest BCUT2D eigenvalue weighted by molar-refractivity contribution is 5.70. The van der Waals surface area contributed by atoms with Gasteiger partial charge in [0.25, 0.3) is 0 Å². The molecule has 0 fully saturated rings. The van der Waals surface area contributed by atoms with Gasteiger partial charge in [0.15, 0.2) is 0 Å². The summed E-state index contributed by atoms with van der Waals surface area (Å²) in [5.41, 5.74) is 0. The van der Waals surface area contributed by atoms with E-state index in [1.807, 2.05) is 13.8 Å². The number of carbonyl (C=O) groups is 1. The van der Waals surface area contributed by atoms with Crippen LogP contribution in [0.25, 0.3) is 0 Å². The fourth-order valence-electron chi connectivity index (χ4n) is 1.70. The molecule has 0 aromatic heterocycles. The SMILES string of the molecule is CCCC(COC)NC(C)CC(=O)OCC. The van der Waals surface area contributed by atoms with E-state index in [0.29, 0.717) is 25.7 Å². The van der Waals surface area contributed by atoms with E-state index in [9.17, 15) is 4.79 Å². The minimum Gasteiger partial charge on any atom is -0.466 e. The van der Waals surface area contributed by atoms with Crippen molar-refractivity contribution in [3.63, 3.8) is 0 Å². The molecule has 0 aromatic rings. The van der Waals surface area contributed by atoms with Crippen molar-refractivity contribution in [3.05, 3.63) is 0 Å². The third kappa shape index (κ3) is 7.65. The van der Waals surface area contributed by atoms with Crippen LogP contribution < -0.4 is 5.32 Å². The van der Waals surface area contributed by atoms with Crippen LogP contribution >= 0.6 is 0 Å². The highest BCUT2D eigenvalue weighted by Gasteiger charge is 2.14. The lowest BCUT2D eigenvalue weighted by molar-refractivity contribution is -0.143. The Morgan fingerprint density at radius 3 is 2.56 bits per heavy atom. The Hall–Kier alpha value is -0.610. The Morgan fingerprint density at radius 2 is 2.06 bits per heavy atom. The molecule has 0 saturated carbocycles. The van der Waals surface area contributed by atoms with Gasteiger partial charge in [0, 0.05) is 19.2 Å². The van der Waals surface area contributed by atoms with Crippen LogP contribution in [0.5, 0.6) is 0 Å². The molecule has 0 spiro atoms. The predicted molar refractivity (Wildman–Crippen MR) is 64.4 cm³/mol. The number of esters is 1. The van der Waals surface area contributed by atoms with Crippen molar-refractivity contribution in [1.29, 1.82) is 0 Å². The molecule has 0 aliphatic rings. The van der Waals surface area contributed by atoms with Crippen LogP contribution in [-0.4, -0.2) is 38.4 Å². The second-order valence-corrected chi connectivity index (χ2v) is 4.02. The van der Waals surface area contributed by atoms with E-state index in [4.69, 9.17) is 9.47 Å². The van der Waals surface area contributed by atoms with Crippen LogP contribution in [0.2, 0.25) is 0 Å². The minimum absolute atomic E-state index is 0.130. The van der Waals surface area contributed by atoms with Crippen molar-refractivity contribution in [2.24, 2.45) is 0 Å². The largest absolute Gasteiger partial charge is 0.466 e. The lowest BCUT2D eigenvalue weighted by Crippen LogP contribution is -2.40. The predicted octanol–water partition coefficient (Wildman–Crippen LogP) is 1.73. The summed E-state index contributed by atoms with van der Waals surface area (Å²) in [6.07, 6.45) is 2.58. The molecule has 0 saturated heterocycles. The van der Waals surface area contributed by atoms with E-state index < -0.39 is 0 Å². The quantitative estimate of drug-likeness (QED) is 0.614. The first-order valence-corrected chi connectivity index (χ1v) is 6.04. The van der Waals surface area contributed by atoms with E-state index in [0.717, 1.165) is 12.8 Å². The molecule has 2 atom stereocenters. The zero-order chi connectivity index (χ0) is 12.4. The van der Waals surface area contributed by atoms with Crippen LogP contribution in [0.15, 0.2) is 0 Å². The van der Waals surface area contributed by atoms with Crippen molar-refractivity contribution in [1.82, 2.24) is 5.32 Å². The van der Waals surface area contributed by atoms with Crippen molar-refractivity contribution in [2.45, 2.75) is 52.1 Å². The minimum atomic E-state index is -0.143. The van der Waals surface area contributed by atoms with Gasteiger partial charge >= 0.3 is 5.97 Å². The molecular weight excluding hydrogens is 206 g/mol. The first kappa shape index (κ1) is 15.4. The second kappa shape index (κ2) is 9.60. The smallest absolute Gasteiger partial charge is 0.307 e. The molecule has 0 heterocycles. The highest BCUT2D eigenvalue weighted by Crippen LogP contribution is 2.02. The fraction of sp³-hybridized carbons (Fsp3) is 0.917. The Bertz CT molecular complexity index is 179. The van der Waals surface area contributed by atoms with E-state index >= 15 is 0 Å². The Labute approximate surface area is 98.7 Å². The maximum atomic E-state index is 11.3. The number of rotatable bonds is 9. The fourth-order valence-corrected chi connectivity index (χ4v) is 1.70. The molecule has 16 heavy (non-hydrogen) atoms. The van der Waals surface area contributed by atoms with Crippen LogP contribution in [0, 0.1) is 0 Å². The maximum Gasteiger partial charge on any atom is 0.307 e. The topological polar surface area (TPSA) is 47.6 Å². The molecule has 96 valence electrons. The van der Waals surface area contributed by atoms with Crippen molar-refractivity contribution < 1.29 is 14.3 Å². The Morgan fingerprint density at radius 1 is 1.38 bits per heavy atom. The van der Waals surface area contributed by atoms with Crippen molar-refractivity contribution >= 4 is 5.97 Å². The van der Waals surface area contributed by atoms with Gasteiger partial charge in [-0.05, 0) is 20.3 Å². The lowest BCUT2D eigenvalue weighted by Gasteiger charge is -2.21. The van der Waals surface area contributed by atoms with Gasteiger partial charge in [-0.1, -0.05) is 13.3 Å². The average Bonchev–Trinajstić information content (AvgIpc) is 2.18. The summed E-state index contributed by atoms with van der Waals surface area (Å²) in [6.45, 7) is 7.08. The number of hydrogen-bond donors (Lipinski definition) is 1. The standard InChI is InChI=1S/C12H25NO3/c1-5-7-11(9-15-4)13-10(3)8-12(14)16-6-2/h10-11,13H,5-9H2,1-4H3.